The highest BCUT2D eigenvalue weighted by molar-refractivity contribution is 5.92. The maximum Gasteiger partial charge on any atom is 0.150 e. The first-order chi connectivity index (χ1) is 10.3. The summed E-state index contributed by atoms with van der Waals surface area (Å²) in [5, 5.41) is 2.35. The van der Waals surface area contributed by atoms with Gasteiger partial charge in [0.05, 0.1) is 6.61 Å². The molecule has 104 valence electrons. The quantitative estimate of drug-likeness (QED) is 0.645. The van der Waals surface area contributed by atoms with E-state index in [9.17, 15) is 4.79 Å². The lowest BCUT2D eigenvalue weighted by atomic mass is 9.97. The van der Waals surface area contributed by atoms with E-state index in [-0.39, 0.29) is 0 Å². The zero-order valence-electron chi connectivity index (χ0n) is 11.9. The minimum absolute atomic E-state index is 0.609. The number of aldehydes is 1. The molecule has 0 aliphatic heterocycles. The number of benzene rings is 3. The first-order valence-electron chi connectivity index (χ1n) is 7.03. The van der Waals surface area contributed by atoms with Crippen LogP contribution in [0, 0.1) is 0 Å². The van der Waals surface area contributed by atoms with Crippen LogP contribution in [0.5, 0.6) is 5.75 Å². The van der Waals surface area contributed by atoms with Gasteiger partial charge in [0.15, 0.2) is 6.29 Å². The fourth-order valence-corrected chi connectivity index (χ4v) is 2.50. The van der Waals surface area contributed by atoms with Crippen molar-refractivity contribution >= 4 is 17.1 Å². The van der Waals surface area contributed by atoms with E-state index in [0.717, 1.165) is 28.5 Å². The number of hydrogen-bond donors (Lipinski definition) is 0. The zero-order valence-corrected chi connectivity index (χ0v) is 11.9. The van der Waals surface area contributed by atoms with Crippen molar-refractivity contribution in [1.29, 1.82) is 0 Å². The van der Waals surface area contributed by atoms with Gasteiger partial charge >= 0.3 is 0 Å². The summed E-state index contributed by atoms with van der Waals surface area (Å²) in [6.07, 6.45) is 0.889. The molecule has 2 nitrogen and oxygen atoms in total. The molecule has 3 aromatic carbocycles. The molecule has 0 aliphatic carbocycles. The number of hydrogen-bond acceptors (Lipinski definition) is 2. The maximum atomic E-state index is 11.3. The molecule has 0 atom stereocenters. The normalized spacial score (nSPS) is 10.5. The lowest BCUT2D eigenvalue weighted by Gasteiger charge is -2.10. The van der Waals surface area contributed by atoms with Gasteiger partial charge in [-0.15, -0.1) is 0 Å². The molecule has 3 aromatic rings. The number of ether oxygens (including phenoxy) is 1. The highest BCUT2D eigenvalue weighted by Crippen LogP contribution is 2.29. The molecular weight excluding hydrogens is 260 g/mol. The van der Waals surface area contributed by atoms with Crippen LogP contribution >= 0.6 is 0 Å². The van der Waals surface area contributed by atoms with Crippen LogP contribution in [0.1, 0.15) is 17.3 Å². The van der Waals surface area contributed by atoms with Gasteiger partial charge in [-0.1, -0.05) is 36.4 Å². The molecule has 3 rings (SSSR count). The third kappa shape index (κ3) is 2.65. The molecular formula is C19H16O2. The third-order valence-electron chi connectivity index (χ3n) is 3.52. The summed E-state index contributed by atoms with van der Waals surface area (Å²) in [7, 11) is 0. The predicted octanol–water partition coefficient (Wildman–Crippen LogP) is 4.72. The highest BCUT2D eigenvalue weighted by atomic mass is 16.5. The Kier molecular flexibility index (Phi) is 3.69. The molecule has 0 aliphatic rings. The Hall–Kier alpha value is -2.61. The second kappa shape index (κ2) is 5.80. The van der Waals surface area contributed by atoms with Gasteiger partial charge in [-0.25, -0.2) is 0 Å². The molecule has 0 heterocycles. The van der Waals surface area contributed by atoms with Crippen molar-refractivity contribution in [3.8, 4) is 16.9 Å². The third-order valence-corrected chi connectivity index (χ3v) is 3.52. The van der Waals surface area contributed by atoms with Crippen molar-refractivity contribution in [3.05, 3.63) is 66.2 Å². The molecule has 21 heavy (non-hydrogen) atoms. The van der Waals surface area contributed by atoms with Gasteiger partial charge in [-0.05, 0) is 53.1 Å². The standard InChI is InChI=1S/C19H16O2/c1-2-21-18-10-9-17(13-20)19(12-18)16-8-7-14-5-3-4-6-15(14)11-16/h3-13H,2H2,1H3. The Bertz CT molecular complexity index is 790. The van der Waals surface area contributed by atoms with Crippen molar-refractivity contribution < 1.29 is 9.53 Å². The van der Waals surface area contributed by atoms with Gasteiger partial charge < -0.3 is 4.74 Å². The van der Waals surface area contributed by atoms with Crippen LogP contribution in [0.2, 0.25) is 0 Å². The monoisotopic (exact) mass is 276 g/mol. The summed E-state index contributed by atoms with van der Waals surface area (Å²) in [5.74, 6) is 0.784. The van der Waals surface area contributed by atoms with Crippen molar-refractivity contribution in [2.75, 3.05) is 6.61 Å². The predicted molar refractivity (Wildman–Crippen MR) is 85.9 cm³/mol. The lowest BCUT2D eigenvalue weighted by Crippen LogP contribution is -1.94. The summed E-state index contributed by atoms with van der Waals surface area (Å²) in [6.45, 7) is 2.56. The zero-order chi connectivity index (χ0) is 14.7. The van der Waals surface area contributed by atoms with Crippen LogP contribution < -0.4 is 4.74 Å². The number of fused-ring (bicyclic) bond motifs is 1. The van der Waals surface area contributed by atoms with Crippen LogP contribution in [-0.2, 0) is 0 Å². The molecule has 0 fully saturated rings. The average molecular weight is 276 g/mol. The summed E-state index contributed by atoms with van der Waals surface area (Å²) in [5.41, 5.74) is 2.60. The largest absolute Gasteiger partial charge is 0.494 e. The van der Waals surface area contributed by atoms with Crippen LogP contribution in [0.25, 0.3) is 21.9 Å². The van der Waals surface area contributed by atoms with E-state index in [4.69, 9.17) is 4.74 Å². The fourth-order valence-electron chi connectivity index (χ4n) is 2.50. The smallest absolute Gasteiger partial charge is 0.150 e. The van der Waals surface area contributed by atoms with Gasteiger partial charge in [0, 0.05) is 5.56 Å². The van der Waals surface area contributed by atoms with Gasteiger partial charge in [0.2, 0.25) is 0 Å². The van der Waals surface area contributed by atoms with E-state index in [1.54, 1.807) is 0 Å². The first kappa shape index (κ1) is 13.4. The SMILES string of the molecule is CCOc1ccc(C=O)c(-c2ccc3ccccc3c2)c1. The first-order valence-corrected chi connectivity index (χ1v) is 7.03. The van der Waals surface area contributed by atoms with Gasteiger partial charge in [0.1, 0.15) is 5.75 Å². The lowest BCUT2D eigenvalue weighted by molar-refractivity contribution is 0.112. The Balaban J connectivity index is 2.15. The Morgan fingerprint density at radius 3 is 2.52 bits per heavy atom. The van der Waals surface area contributed by atoms with E-state index >= 15 is 0 Å². The minimum Gasteiger partial charge on any atom is -0.494 e. The highest BCUT2D eigenvalue weighted by Gasteiger charge is 2.07. The second-order valence-corrected chi connectivity index (χ2v) is 4.86. The topological polar surface area (TPSA) is 26.3 Å². The van der Waals surface area contributed by atoms with Crippen LogP contribution in [0.4, 0.5) is 0 Å². The molecule has 0 saturated heterocycles. The van der Waals surface area contributed by atoms with Crippen LogP contribution in [0.3, 0.4) is 0 Å². The average Bonchev–Trinajstić information content (AvgIpc) is 2.54. The van der Waals surface area contributed by atoms with Gasteiger partial charge in [-0.3, -0.25) is 4.79 Å². The summed E-state index contributed by atoms with van der Waals surface area (Å²) in [4.78, 5) is 11.3. The molecule has 0 aromatic heterocycles. The molecule has 2 heteroatoms. The number of rotatable bonds is 4. The summed E-state index contributed by atoms with van der Waals surface area (Å²) < 4.78 is 5.54. The maximum absolute atomic E-state index is 11.3. The molecule has 0 amide bonds. The second-order valence-electron chi connectivity index (χ2n) is 4.86. The van der Waals surface area contributed by atoms with E-state index in [2.05, 4.69) is 24.3 Å². The van der Waals surface area contributed by atoms with Crippen molar-refractivity contribution in [2.24, 2.45) is 0 Å². The Morgan fingerprint density at radius 2 is 1.76 bits per heavy atom. The van der Waals surface area contributed by atoms with Crippen LogP contribution in [-0.4, -0.2) is 12.9 Å². The van der Waals surface area contributed by atoms with E-state index < -0.39 is 0 Å². The summed E-state index contributed by atoms with van der Waals surface area (Å²) >= 11 is 0. The number of carbonyl (C=O) groups excluding carboxylic acids is 1. The number of carbonyl (C=O) groups is 1. The Morgan fingerprint density at radius 1 is 0.952 bits per heavy atom. The van der Waals surface area contributed by atoms with Crippen molar-refractivity contribution in [2.45, 2.75) is 6.92 Å². The molecule has 0 spiro atoms. The Labute approximate surface area is 124 Å². The van der Waals surface area contributed by atoms with Gasteiger partial charge in [-0.2, -0.15) is 0 Å². The van der Waals surface area contributed by atoms with E-state index in [1.807, 2.05) is 43.3 Å². The molecule has 0 N–H and O–H groups in total. The van der Waals surface area contributed by atoms with Gasteiger partial charge in [0.25, 0.3) is 0 Å². The van der Waals surface area contributed by atoms with Crippen LogP contribution in [0.15, 0.2) is 60.7 Å². The van der Waals surface area contributed by atoms with Crippen molar-refractivity contribution in [1.82, 2.24) is 0 Å². The van der Waals surface area contributed by atoms with E-state index in [1.165, 1.54) is 5.39 Å². The summed E-state index contributed by atoms with van der Waals surface area (Å²) in [6, 6.07) is 20.0. The molecule has 0 saturated carbocycles. The minimum atomic E-state index is 0.609. The van der Waals surface area contributed by atoms with Crippen molar-refractivity contribution in [3.63, 3.8) is 0 Å². The molecule has 0 unspecified atom stereocenters. The molecule has 0 radical (unpaired) electrons. The fraction of sp³-hybridized carbons (Fsp3) is 0.105. The van der Waals surface area contributed by atoms with E-state index in [0.29, 0.717) is 12.2 Å². The molecule has 0 bridgehead atoms.